The number of imidazole rings is 1. The second kappa shape index (κ2) is 7.01. The Balaban J connectivity index is 1.30. The summed E-state index contributed by atoms with van der Waals surface area (Å²) in [5.74, 6) is 2.34. The van der Waals surface area contributed by atoms with Gasteiger partial charge in [0.1, 0.15) is 5.82 Å². The van der Waals surface area contributed by atoms with Gasteiger partial charge in [-0.15, -0.1) is 0 Å². The number of nitrogens with zero attached hydrogens (tertiary/aromatic N) is 4. The molecule has 5 rings (SSSR count). The Bertz CT molecular complexity index is 1150. The minimum Gasteiger partial charge on any atom is -0.494 e. The third-order valence-corrected chi connectivity index (χ3v) is 5.19. The molecular weight excluding hydrogens is 366 g/mol. The van der Waals surface area contributed by atoms with E-state index in [0.717, 1.165) is 22.4 Å². The molecule has 29 heavy (non-hydrogen) atoms. The highest BCUT2D eigenvalue weighted by atomic mass is 16.5. The summed E-state index contributed by atoms with van der Waals surface area (Å²) in [5, 5.41) is 0. The third kappa shape index (κ3) is 3.20. The molecule has 0 bridgehead atoms. The number of para-hydroxylation sites is 2. The van der Waals surface area contributed by atoms with Crippen LogP contribution in [0, 0.1) is 0 Å². The van der Waals surface area contributed by atoms with Crippen molar-refractivity contribution in [3.63, 3.8) is 0 Å². The van der Waals surface area contributed by atoms with Crippen LogP contribution in [0.1, 0.15) is 22.1 Å². The number of fused-ring (bicyclic) bond motifs is 1. The van der Waals surface area contributed by atoms with Crippen LogP contribution >= 0.6 is 0 Å². The molecule has 2 aromatic carbocycles. The monoisotopic (exact) mass is 385 g/mol. The molecule has 7 nitrogen and oxygen atoms in total. The zero-order valence-corrected chi connectivity index (χ0v) is 15.9. The molecule has 2 aromatic heterocycles. The summed E-state index contributed by atoms with van der Waals surface area (Å²) >= 11 is 0. The Morgan fingerprint density at radius 2 is 1.90 bits per heavy atom. The summed E-state index contributed by atoms with van der Waals surface area (Å²) in [7, 11) is 1.57. The van der Waals surface area contributed by atoms with E-state index < -0.39 is 0 Å². The molecule has 0 unspecified atom stereocenters. The number of benzene rings is 2. The molecule has 4 aromatic rings. The molecule has 0 aliphatic carbocycles. The van der Waals surface area contributed by atoms with Crippen molar-refractivity contribution in [1.82, 2.24) is 24.8 Å². The summed E-state index contributed by atoms with van der Waals surface area (Å²) in [6.07, 6.45) is 3.23. The highest BCUT2D eigenvalue weighted by molar-refractivity contribution is 5.96. The van der Waals surface area contributed by atoms with E-state index in [-0.39, 0.29) is 11.8 Å². The molecule has 0 spiro atoms. The number of methoxy groups -OCH3 is 1. The van der Waals surface area contributed by atoms with Gasteiger partial charge in [0.25, 0.3) is 5.91 Å². The Morgan fingerprint density at radius 1 is 1.10 bits per heavy atom. The van der Waals surface area contributed by atoms with Crippen LogP contribution in [0.5, 0.6) is 5.75 Å². The number of likely N-dealkylation sites (tertiary alicyclic amines) is 1. The van der Waals surface area contributed by atoms with Crippen molar-refractivity contribution < 1.29 is 9.53 Å². The lowest BCUT2D eigenvalue weighted by atomic mass is 9.97. The number of aromatic amines is 1. The maximum atomic E-state index is 12.9. The van der Waals surface area contributed by atoms with Gasteiger partial charge in [-0.2, -0.15) is 0 Å². The number of carbonyl (C=O) groups excluding carboxylic acids is 1. The zero-order valence-electron chi connectivity index (χ0n) is 15.9. The van der Waals surface area contributed by atoms with Gasteiger partial charge >= 0.3 is 0 Å². The molecule has 0 radical (unpaired) electrons. The fourth-order valence-corrected chi connectivity index (χ4v) is 3.53. The lowest BCUT2D eigenvalue weighted by molar-refractivity contribution is 0.0596. The third-order valence-electron chi connectivity index (χ3n) is 5.19. The van der Waals surface area contributed by atoms with Crippen LogP contribution in [0.2, 0.25) is 0 Å². The van der Waals surface area contributed by atoms with Gasteiger partial charge in [-0.05, 0) is 24.3 Å². The van der Waals surface area contributed by atoms with Crippen molar-refractivity contribution in [2.24, 2.45) is 0 Å². The molecule has 1 N–H and O–H groups in total. The lowest BCUT2D eigenvalue weighted by Crippen LogP contribution is -2.48. The van der Waals surface area contributed by atoms with Crippen molar-refractivity contribution in [3.8, 4) is 17.1 Å². The van der Waals surface area contributed by atoms with Crippen molar-refractivity contribution in [3.05, 3.63) is 72.3 Å². The maximum Gasteiger partial charge on any atom is 0.253 e. The molecule has 1 fully saturated rings. The quantitative estimate of drug-likeness (QED) is 0.583. The number of nitrogens with one attached hydrogen (secondary N) is 1. The van der Waals surface area contributed by atoms with Crippen LogP contribution in [-0.2, 0) is 0 Å². The van der Waals surface area contributed by atoms with Crippen LogP contribution in [0.4, 0.5) is 0 Å². The molecule has 7 heteroatoms. The van der Waals surface area contributed by atoms with Gasteiger partial charge in [-0.3, -0.25) is 4.79 Å². The second-order valence-electron chi connectivity index (χ2n) is 7.07. The zero-order chi connectivity index (χ0) is 19.8. The van der Waals surface area contributed by atoms with Gasteiger partial charge in [0.2, 0.25) is 0 Å². The largest absolute Gasteiger partial charge is 0.494 e. The highest BCUT2D eigenvalue weighted by Crippen LogP contribution is 2.28. The minimum absolute atomic E-state index is 0.00715. The van der Waals surface area contributed by atoms with Crippen LogP contribution in [0.3, 0.4) is 0 Å². The molecule has 1 saturated heterocycles. The molecule has 144 valence electrons. The van der Waals surface area contributed by atoms with Gasteiger partial charge in [0.05, 0.1) is 36.5 Å². The summed E-state index contributed by atoms with van der Waals surface area (Å²) in [6.45, 7) is 1.31. The summed E-state index contributed by atoms with van der Waals surface area (Å²) in [4.78, 5) is 31.3. The average Bonchev–Trinajstić information content (AvgIpc) is 3.16. The SMILES string of the molecule is COc1cnc(-c2cccc(C(=O)N3CC(c4nc5ccccc5[nH]4)C3)c2)nc1. The van der Waals surface area contributed by atoms with Crippen molar-refractivity contribution in [2.45, 2.75) is 5.92 Å². The Labute approximate surface area is 167 Å². The molecule has 0 atom stereocenters. The molecule has 1 amide bonds. The van der Waals surface area contributed by atoms with E-state index in [1.807, 2.05) is 53.4 Å². The van der Waals surface area contributed by atoms with Crippen molar-refractivity contribution in [2.75, 3.05) is 20.2 Å². The smallest absolute Gasteiger partial charge is 0.253 e. The van der Waals surface area contributed by atoms with Gasteiger partial charge in [0, 0.05) is 24.2 Å². The average molecular weight is 385 g/mol. The maximum absolute atomic E-state index is 12.9. The number of hydrogen-bond donors (Lipinski definition) is 1. The van der Waals surface area contributed by atoms with Crippen molar-refractivity contribution >= 4 is 16.9 Å². The van der Waals surface area contributed by atoms with Gasteiger partial charge < -0.3 is 14.6 Å². The Hall–Kier alpha value is -3.74. The van der Waals surface area contributed by atoms with Crippen molar-refractivity contribution in [1.29, 1.82) is 0 Å². The molecule has 3 heterocycles. The predicted molar refractivity (Wildman–Crippen MR) is 109 cm³/mol. The predicted octanol–water partition coefficient (Wildman–Crippen LogP) is 3.27. The Morgan fingerprint density at radius 3 is 2.66 bits per heavy atom. The van der Waals surface area contributed by atoms with Crippen LogP contribution in [0.25, 0.3) is 22.4 Å². The van der Waals surface area contributed by atoms with E-state index in [1.54, 1.807) is 19.5 Å². The van der Waals surface area contributed by atoms with Gasteiger partial charge in [-0.25, -0.2) is 15.0 Å². The number of ether oxygens (including phenoxy) is 1. The number of hydrogen-bond acceptors (Lipinski definition) is 5. The highest BCUT2D eigenvalue weighted by Gasteiger charge is 2.34. The lowest BCUT2D eigenvalue weighted by Gasteiger charge is -2.38. The van der Waals surface area contributed by atoms with E-state index in [4.69, 9.17) is 4.74 Å². The summed E-state index contributed by atoms with van der Waals surface area (Å²) in [6, 6.07) is 15.4. The van der Waals surface area contributed by atoms with E-state index in [1.165, 1.54) is 0 Å². The first-order valence-electron chi connectivity index (χ1n) is 9.41. The summed E-state index contributed by atoms with van der Waals surface area (Å²) in [5.41, 5.74) is 3.41. The first kappa shape index (κ1) is 17.4. The molecule has 0 saturated carbocycles. The molecule has 1 aliphatic heterocycles. The first-order valence-corrected chi connectivity index (χ1v) is 9.41. The van der Waals surface area contributed by atoms with E-state index in [0.29, 0.717) is 30.2 Å². The fourth-order valence-electron chi connectivity index (χ4n) is 3.53. The van der Waals surface area contributed by atoms with E-state index >= 15 is 0 Å². The standard InChI is InChI=1S/C22H19N5O2/c1-29-17-10-23-20(24-11-17)14-5-4-6-15(9-14)22(28)27-12-16(13-27)21-25-18-7-2-3-8-19(18)26-21/h2-11,16H,12-13H2,1H3,(H,25,26). The fraction of sp³-hybridized carbons (Fsp3) is 0.182. The Kier molecular flexibility index (Phi) is 4.20. The number of H-pyrrole nitrogens is 1. The summed E-state index contributed by atoms with van der Waals surface area (Å²) < 4.78 is 5.09. The molecule has 1 aliphatic rings. The minimum atomic E-state index is 0.00715. The number of carbonyl (C=O) groups is 1. The van der Waals surface area contributed by atoms with Gasteiger partial charge in [0.15, 0.2) is 11.6 Å². The van der Waals surface area contributed by atoms with Crippen LogP contribution < -0.4 is 4.74 Å². The van der Waals surface area contributed by atoms with E-state index in [2.05, 4.69) is 19.9 Å². The van der Waals surface area contributed by atoms with Crippen LogP contribution in [0.15, 0.2) is 60.9 Å². The first-order chi connectivity index (χ1) is 14.2. The van der Waals surface area contributed by atoms with Crippen LogP contribution in [-0.4, -0.2) is 50.9 Å². The normalized spacial score (nSPS) is 14.0. The number of rotatable bonds is 4. The number of amides is 1. The number of aromatic nitrogens is 4. The molecular formula is C22H19N5O2. The topological polar surface area (TPSA) is 84.0 Å². The second-order valence-corrected chi connectivity index (χ2v) is 7.07. The van der Waals surface area contributed by atoms with Gasteiger partial charge in [-0.1, -0.05) is 24.3 Å². The van der Waals surface area contributed by atoms with E-state index in [9.17, 15) is 4.79 Å².